The van der Waals surface area contributed by atoms with Crippen molar-refractivity contribution in [3.8, 4) is 0 Å². The van der Waals surface area contributed by atoms with Crippen LogP contribution in [-0.2, 0) is 28.5 Å². The van der Waals surface area contributed by atoms with Gasteiger partial charge in [0.05, 0.1) is 37.3 Å². The largest absolute Gasteiger partial charge is 0.465 e. The molecule has 6 atom stereocenters. The Balaban J connectivity index is 2.31. The minimum Gasteiger partial charge on any atom is -0.465 e. The molecule has 0 bridgehead atoms. The van der Waals surface area contributed by atoms with Crippen LogP contribution in [0.3, 0.4) is 0 Å². The molecule has 6 unspecified atom stereocenters. The number of hydrogen-bond acceptors (Lipinski definition) is 6. The van der Waals surface area contributed by atoms with E-state index in [1.807, 2.05) is 27.7 Å². The van der Waals surface area contributed by atoms with E-state index in [4.69, 9.17) is 18.9 Å². The molecule has 6 nitrogen and oxygen atoms in total. The summed E-state index contributed by atoms with van der Waals surface area (Å²) >= 11 is 0. The van der Waals surface area contributed by atoms with Crippen molar-refractivity contribution in [1.29, 1.82) is 0 Å². The van der Waals surface area contributed by atoms with E-state index in [0.29, 0.717) is 25.6 Å². The predicted molar refractivity (Wildman–Crippen MR) is 108 cm³/mol. The summed E-state index contributed by atoms with van der Waals surface area (Å²) in [5, 5.41) is 0. The lowest BCUT2D eigenvalue weighted by molar-refractivity contribution is -0.154. The molecule has 0 aliphatic carbocycles. The van der Waals surface area contributed by atoms with Gasteiger partial charge in [0.1, 0.15) is 0 Å². The Kier molecular flexibility index (Phi) is 11.7. The molecule has 28 heavy (non-hydrogen) atoms. The van der Waals surface area contributed by atoms with Crippen LogP contribution in [0.25, 0.3) is 0 Å². The number of carbonyl (C=O) groups is 2. The van der Waals surface area contributed by atoms with Gasteiger partial charge in [0.2, 0.25) is 0 Å². The summed E-state index contributed by atoms with van der Waals surface area (Å²) in [6.07, 6.45) is 4.45. The monoisotopic (exact) mass is 400 g/mol. The number of methoxy groups -OCH3 is 1. The molecule has 1 aliphatic heterocycles. The Hall–Kier alpha value is -1.14. The van der Waals surface area contributed by atoms with Gasteiger partial charge in [0, 0.05) is 13.7 Å². The number of rotatable bonds is 12. The van der Waals surface area contributed by atoms with Crippen molar-refractivity contribution in [1.82, 2.24) is 0 Å². The van der Waals surface area contributed by atoms with E-state index in [1.165, 1.54) is 0 Å². The van der Waals surface area contributed by atoms with Gasteiger partial charge in [0.15, 0.2) is 0 Å². The van der Waals surface area contributed by atoms with Crippen molar-refractivity contribution in [3.05, 3.63) is 0 Å². The van der Waals surface area contributed by atoms with Gasteiger partial charge in [0.25, 0.3) is 0 Å². The molecule has 0 amide bonds. The lowest BCUT2D eigenvalue weighted by atomic mass is 9.96. The fourth-order valence-corrected chi connectivity index (χ4v) is 3.57. The average Bonchev–Trinajstić information content (AvgIpc) is 2.68. The standard InChI is InChI=1S/C22H40O6/c1-7-19(11-17(4)25-6)13-27-21(23)15(2)10-16(3)22(24)28-14-20-8-9-26-18(5)12-20/h15-20H,7-14H2,1-6H3. The second-order valence-corrected chi connectivity index (χ2v) is 8.43. The Morgan fingerprint density at radius 1 is 1.07 bits per heavy atom. The normalized spacial score (nSPS) is 24.1. The fourth-order valence-electron chi connectivity index (χ4n) is 3.57. The first-order valence-corrected chi connectivity index (χ1v) is 10.7. The third-order valence-corrected chi connectivity index (χ3v) is 5.67. The van der Waals surface area contributed by atoms with E-state index < -0.39 is 0 Å². The molecule has 0 aromatic carbocycles. The lowest BCUT2D eigenvalue weighted by Crippen LogP contribution is -2.29. The van der Waals surface area contributed by atoms with Crippen molar-refractivity contribution in [2.75, 3.05) is 26.9 Å². The third-order valence-electron chi connectivity index (χ3n) is 5.67. The van der Waals surface area contributed by atoms with Gasteiger partial charge in [-0.05, 0) is 57.8 Å². The summed E-state index contributed by atoms with van der Waals surface area (Å²) in [7, 11) is 1.69. The van der Waals surface area contributed by atoms with Crippen LogP contribution in [-0.4, -0.2) is 51.1 Å². The Bertz CT molecular complexity index is 466. The van der Waals surface area contributed by atoms with Crippen molar-refractivity contribution in [2.24, 2.45) is 23.7 Å². The minimum absolute atomic E-state index is 0.148. The summed E-state index contributed by atoms with van der Waals surface area (Å²) in [6.45, 7) is 11.3. The lowest BCUT2D eigenvalue weighted by Gasteiger charge is -2.27. The zero-order chi connectivity index (χ0) is 21.1. The summed E-state index contributed by atoms with van der Waals surface area (Å²) in [5.41, 5.74) is 0. The van der Waals surface area contributed by atoms with E-state index in [-0.39, 0.29) is 41.9 Å². The van der Waals surface area contributed by atoms with Crippen LogP contribution >= 0.6 is 0 Å². The molecule has 1 heterocycles. The van der Waals surface area contributed by atoms with E-state index in [0.717, 1.165) is 32.3 Å². The molecule has 1 fully saturated rings. The highest BCUT2D eigenvalue weighted by molar-refractivity contribution is 5.75. The SMILES string of the molecule is CCC(COC(=O)C(C)CC(C)C(=O)OCC1CCOC(C)C1)CC(C)OC. The molecule has 164 valence electrons. The topological polar surface area (TPSA) is 71.1 Å². The molecule has 0 saturated carbocycles. The number of ether oxygens (including phenoxy) is 4. The summed E-state index contributed by atoms with van der Waals surface area (Å²) in [4.78, 5) is 24.6. The van der Waals surface area contributed by atoms with Crippen LogP contribution in [0.15, 0.2) is 0 Å². The van der Waals surface area contributed by atoms with Gasteiger partial charge in [-0.3, -0.25) is 9.59 Å². The highest BCUT2D eigenvalue weighted by Gasteiger charge is 2.26. The van der Waals surface area contributed by atoms with Gasteiger partial charge in [-0.1, -0.05) is 20.8 Å². The third kappa shape index (κ3) is 9.37. The number of esters is 2. The second-order valence-electron chi connectivity index (χ2n) is 8.43. The highest BCUT2D eigenvalue weighted by atomic mass is 16.5. The molecule has 6 heteroatoms. The summed E-state index contributed by atoms with van der Waals surface area (Å²) in [6, 6.07) is 0. The first-order chi connectivity index (χ1) is 13.3. The molecule has 1 rings (SSSR count). The summed E-state index contributed by atoms with van der Waals surface area (Å²) in [5.74, 6) is -0.489. The molecule has 0 aromatic heterocycles. The second kappa shape index (κ2) is 13.2. The Morgan fingerprint density at radius 2 is 1.71 bits per heavy atom. The van der Waals surface area contributed by atoms with Gasteiger partial charge in [-0.15, -0.1) is 0 Å². The molecule has 0 spiro atoms. The van der Waals surface area contributed by atoms with E-state index in [1.54, 1.807) is 7.11 Å². The number of carbonyl (C=O) groups excluding carboxylic acids is 2. The Morgan fingerprint density at radius 3 is 2.29 bits per heavy atom. The zero-order valence-corrected chi connectivity index (χ0v) is 18.6. The van der Waals surface area contributed by atoms with E-state index in [2.05, 4.69) is 6.92 Å². The van der Waals surface area contributed by atoms with Crippen molar-refractivity contribution >= 4 is 11.9 Å². The fraction of sp³-hybridized carbons (Fsp3) is 0.909. The first-order valence-electron chi connectivity index (χ1n) is 10.7. The smallest absolute Gasteiger partial charge is 0.308 e. The van der Waals surface area contributed by atoms with Gasteiger partial charge in [-0.2, -0.15) is 0 Å². The van der Waals surface area contributed by atoms with Crippen LogP contribution in [0, 0.1) is 23.7 Å². The Labute approximate surface area is 170 Å². The molecular formula is C22H40O6. The predicted octanol–water partition coefficient (Wildman–Crippen LogP) is 4.00. The van der Waals surface area contributed by atoms with Crippen LogP contribution < -0.4 is 0 Å². The van der Waals surface area contributed by atoms with Crippen LogP contribution in [0.4, 0.5) is 0 Å². The minimum atomic E-state index is -0.331. The van der Waals surface area contributed by atoms with E-state index >= 15 is 0 Å². The van der Waals surface area contributed by atoms with Crippen LogP contribution in [0.1, 0.15) is 66.7 Å². The maximum absolute atomic E-state index is 12.3. The number of hydrogen-bond donors (Lipinski definition) is 0. The molecule has 0 N–H and O–H groups in total. The van der Waals surface area contributed by atoms with Crippen molar-refractivity contribution in [3.63, 3.8) is 0 Å². The van der Waals surface area contributed by atoms with Crippen molar-refractivity contribution in [2.45, 2.75) is 78.9 Å². The molecule has 0 radical (unpaired) electrons. The summed E-state index contributed by atoms with van der Waals surface area (Å²) < 4.78 is 21.8. The molecule has 1 saturated heterocycles. The zero-order valence-electron chi connectivity index (χ0n) is 18.6. The average molecular weight is 401 g/mol. The van der Waals surface area contributed by atoms with Gasteiger partial charge in [-0.25, -0.2) is 0 Å². The molecule has 0 aromatic rings. The maximum atomic E-state index is 12.3. The quantitative estimate of drug-likeness (QED) is 0.461. The van der Waals surface area contributed by atoms with Crippen molar-refractivity contribution < 1.29 is 28.5 Å². The first kappa shape index (κ1) is 24.9. The van der Waals surface area contributed by atoms with E-state index in [9.17, 15) is 9.59 Å². The van der Waals surface area contributed by atoms with Gasteiger partial charge >= 0.3 is 11.9 Å². The van der Waals surface area contributed by atoms with Crippen LogP contribution in [0.5, 0.6) is 0 Å². The van der Waals surface area contributed by atoms with Crippen LogP contribution in [0.2, 0.25) is 0 Å². The molecule has 1 aliphatic rings. The maximum Gasteiger partial charge on any atom is 0.308 e. The highest BCUT2D eigenvalue weighted by Crippen LogP contribution is 2.22. The molecular weight excluding hydrogens is 360 g/mol. The van der Waals surface area contributed by atoms with Gasteiger partial charge < -0.3 is 18.9 Å².